The molecule has 0 radical (unpaired) electrons. The summed E-state index contributed by atoms with van der Waals surface area (Å²) in [6.45, 7) is 0. The number of pyridine rings is 1. The quantitative estimate of drug-likeness (QED) is 0.492. The highest BCUT2D eigenvalue weighted by atomic mass is 35.5. The molecule has 0 saturated heterocycles. The number of ether oxygens (including phenoxy) is 1. The molecule has 0 atom stereocenters. The number of hydrogen-bond acceptors (Lipinski definition) is 7. The van der Waals surface area contributed by atoms with E-state index in [1.54, 1.807) is 18.2 Å². The molecule has 0 aliphatic rings. The Hall–Kier alpha value is -2.98. The molecule has 2 aromatic heterocycles. The van der Waals surface area contributed by atoms with E-state index in [1.807, 2.05) is 0 Å². The van der Waals surface area contributed by atoms with E-state index in [9.17, 15) is 13.2 Å². The number of hydrogen-bond donors (Lipinski definition) is 3. The summed E-state index contributed by atoms with van der Waals surface area (Å²) in [6, 6.07) is 5.68. The maximum atomic E-state index is 12.8. The monoisotopic (exact) mass is 444 g/mol. The van der Waals surface area contributed by atoms with E-state index in [2.05, 4.69) is 25.6 Å². The van der Waals surface area contributed by atoms with Gasteiger partial charge in [-0.2, -0.15) is 13.2 Å². The molecule has 4 N–H and O–H groups in total. The lowest BCUT2D eigenvalue weighted by atomic mass is 10.2. The van der Waals surface area contributed by atoms with Gasteiger partial charge in [0.2, 0.25) is 0 Å². The van der Waals surface area contributed by atoms with E-state index in [0.29, 0.717) is 22.7 Å². The first-order valence-corrected chi connectivity index (χ1v) is 8.65. The summed E-state index contributed by atoms with van der Waals surface area (Å²) >= 11 is 11.9. The average Bonchev–Trinajstić information content (AvgIpc) is 2.66. The van der Waals surface area contributed by atoms with Crippen LogP contribution in [0.1, 0.15) is 5.56 Å². The topological polar surface area (TPSA) is 98.0 Å². The van der Waals surface area contributed by atoms with Gasteiger partial charge >= 0.3 is 6.18 Å². The van der Waals surface area contributed by atoms with Gasteiger partial charge in [0, 0.05) is 11.2 Å². The van der Waals surface area contributed by atoms with Crippen LogP contribution in [0.4, 0.5) is 42.0 Å². The third kappa shape index (κ3) is 4.72. The number of nitrogens with two attached hydrogens (primary N) is 1. The van der Waals surface area contributed by atoms with E-state index < -0.39 is 11.7 Å². The normalized spacial score (nSPS) is 11.2. The fraction of sp³-hybridized carbons (Fsp3) is 0.118. The summed E-state index contributed by atoms with van der Waals surface area (Å²) < 4.78 is 43.5. The molecule has 0 spiro atoms. The number of benzene rings is 1. The Labute approximate surface area is 173 Å². The highest BCUT2D eigenvalue weighted by Crippen LogP contribution is 2.36. The van der Waals surface area contributed by atoms with Crippen LogP contribution in [0.2, 0.25) is 10.0 Å². The molecule has 0 aliphatic heterocycles. The molecule has 7 nitrogen and oxygen atoms in total. The summed E-state index contributed by atoms with van der Waals surface area (Å²) in [5.41, 5.74) is 5.69. The van der Waals surface area contributed by atoms with Crippen LogP contribution in [0.5, 0.6) is 5.75 Å². The molecule has 12 heteroatoms. The maximum absolute atomic E-state index is 12.8. The van der Waals surface area contributed by atoms with E-state index in [0.717, 1.165) is 6.07 Å². The zero-order valence-corrected chi connectivity index (χ0v) is 16.2. The van der Waals surface area contributed by atoms with Gasteiger partial charge in [-0.15, -0.1) is 0 Å². The van der Waals surface area contributed by atoms with Gasteiger partial charge in [-0.25, -0.2) is 15.0 Å². The molecule has 152 valence electrons. The molecule has 0 amide bonds. The van der Waals surface area contributed by atoms with Crippen LogP contribution in [0.15, 0.2) is 36.8 Å². The predicted molar refractivity (Wildman–Crippen MR) is 105 cm³/mol. The van der Waals surface area contributed by atoms with Crippen molar-refractivity contribution in [2.45, 2.75) is 6.18 Å². The van der Waals surface area contributed by atoms with E-state index in [1.165, 1.54) is 13.4 Å². The molecule has 0 fully saturated rings. The Balaban J connectivity index is 1.89. The Kier molecular flexibility index (Phi) is 5.85. The molecule has 3 rings (SSSR count). The zero-order valence-electron chi connectivity index (χ0n) is 14.7. The SMILES string of the molecule is COc1ccc(Cl)cc1Nc1ncnc(Nc2ncc(C(F)(F)F)cc2Cl)c1N. The van der Waals surface area contributed by atoms with Crippen molar-refractivity contribution >= 4 is 52.0 Å². The van der Waals surface area contributed by atoms with Crippen LogP contribution in [-0.4, -0.2) is 22.1 Å². The second-order valence-electron chi connectivity index (χ2n) is 5.63. The van der Waals surface area contributed by atoms with Crippen LogP contribution in [0.3, 0.4) is 0 Å². The van der Waals surface area contributed by atoms with Crippen molar-refractivity contribution in [2.75, 3.05) is 23.5 Å². The fourth-order valence-electron chi connectivity index (χ4n) is 2.30. The smallest absolute Gasteiger partial charge is 0.417 e. The number of rotatable bonds is 5. The predicted octanol–water partition coefficient (Wildman–Crippen LogP) is 5.28. The first-order chi connectivity index (χ1) is 13.7. The third-order valence-electron chi connectivity index (χ3n) is 3.70. The number of alkyl halides is 3. The largest absolute Gasteiger partial charge is 0.495 e. The van der Waals surface area contributed by atoms with Gasteiger partial charge < -0.3 is 21.1 Å². The lowest BCUT2D eigenvalue weighted by Crippen LogP contribution is -2.08. The van der Waals surface area contributed by atoms with Crippen molar-refractivity contribution < 1.29 is 17.9 Å². The van der Waals surface area contributed by atoms with Gasteiger partial charge in [0.05, 0.1) is 23.4 Å². The highest BCUT2D eigenvalue weighted by molar-refractivity contribution is 6.33. The van der Waals surface area contributed by atoms with E-state index in [4.69, 9.17) is 33.7 Å². The van der Waals surface area contributed by atoms with Crippen molar-refractivity contribution in [3.63, 3.8) is 0 Å². The molecule has 29 heavy (non-hydrogen) atoms. The van der Waals surface area contributed by atoms with Crippen molar-refractivity contribution in [1.29, 1.82) is 0 Å². The van der Waals surface area contributed by atoms with Crippen LogP contribution in [-0.2, 0) is 6.18 Å². The van der Waals surface area contributed by atoms with Gasteiger partial charge in [-0.05, 0) is 24.3 Å². The molecule has 0 bridgehead atoms. The number of halogens is 5. The summed E-state index contributed by atoms with van der Waals surface area (Å²) in [5.74, 6) is 0.759. The lowest BCUT2D eigenvalue weighted by molar-refractivity contribution is -0.137. The second-order valence-corrected chi connectivity index (χ2v) is 6.47. The lowest BCUT2D eigenvalue weighted by Gasteiger charge is -2.15. The molecule has 0 unspecified atom stereocenters. The minimum absolute atomic E-state index is 0.0450. The molecular formula is C17H13Cl2F3N6O. The van der Waals surface area contributed by atoms with Crippen LogP contribution < -0.4 is 21.1 Å². The van der Waals surface area contributed by atoms with Crippen LogP contribution in [0.25, 0.3) is 0 Å². The Morgan fingerprint density at radius 1 is 1.00 bits per heavy atom. The van der Waals surface area contributed by atoms with Gasteiger partial charge in [0.1, 0.15) is 23.6 Å². The second kappa shape index (κ2) is 8.18. The molecule has 0 aliphatic carbocycles. The number of aromatic nitrogens is 3. The highest BCUT2D eigenvalue weighted by Gasteiger charge is 2.31. The van der Waals surface area contributed by atoms with Crippen LogP contribution in [0, 0.1) is 0 Å². The Bertz CT molecular complexity index is 1050. The number of methoxy groups -OCH3 is 1. The van der Waals surface area contributed by atoms with Gasteiger partial charge in [0.25, 0.3) is 0 Å². The molecule has 0 saturated carbocycles. The molecule has 1 aromatic carbocycles. The Morgan fingerprint density at radius 2 is 1.69 bits per heavy atom. The molecular weight excluding hydrogens is 432 g/mol. The zero-order chi connectivity index (χ0) is 21.2. The van der Waals surface area contributed by atoms with Crippen LogP contribution >= 0.6 is 23.2 Å². The minimum Gasteiger partial charge on any atom is -0.495 e. The Morgan fingerprint density at radius 3 is 2.31 bits per heavy atom. The fourth-order valence-corrected chi connectivity index (χ4v) is 2.68. The van der Waals surface area contributed by atoms with E-state index >= 15 is 0 Å². The van der Waals surface area contributed by atoms with Gasteiger partial charge in [0.15, 0.2) is 11.6 Å². The number of nitrogens with one attached hydrogen (secondary N) is 2. The van der Waals surface area contributed by atoms with Crippen molar-refractivity contribution in [3.8, 4) is 5.75 Å². The maximum Gasteiger partial charge on any atom is 0.417 e. The van der Waals surface area contributed by atoms with Gasteiger partial charge in [-0.1, -0.05) is 23.2 Å². The first-order valence-electron chi connectivity index (χ1n) is 7.90. The summed E-state index contributed by atoms with van der Waals surface area (Å²) in [5, 5.41) is 5.89. The minimum atomic E-state index is -4.56. The number of nitrogens with zero attached hydrogens (tertiary/aromatic N) is 3. The first kappa shape index (κ1) is 20.7. The summed E-state index contributed by atoms with van der Waals surface area (Å²) in [7, 11) is 1.49. The standard InChI is InChI=1S/C17H13Cl2F3N6O/c1-29-12-3-2-9(18)5-11(12)27-15-13(23)16(26-7-25-15)28-14-10(19)4-8(6-24-14)17(20,21)22/h2-7H,23H2,1H3,(H2,24,25,26,27,28). The number of nitrogen functional groups attached to an aromatic ring is 1. The molecule has 2 heterocycles. The van der Waals surface area contributed by atoms with Gasteiger partial charge in [-0.3, -0.25) is 0 Å². The van der Waals surface area contributed by atoms with E-state index in [-0.39, 0.29) is 28.2 Å². The van der Waals surface area contributed by atoms with Crippen molar-refractivity contribution in [3.05, 3.63) is 52.4 Å². The molecule has 3 aromatic rings. The van der Waals surface area contributed by atoms with Crippen molar-refractivity contribution in [1.82, 2.24) is 15.0 Å². The summed E-state index contributed by atoms with van der Waals surface area (Å²) in [6.07, 6.45) is -2.70. The summed E-state index contributed by atoms with van der Waals surface area (Å²) in [4.78, 5) is 11.7. The van der Waals surface area contributed by atoms with Crippen molar-refractivity contribution in [2.24, 2.45) is 0 Å². The third-order valence-corrected chi connectivity index (χ3v) is 4.23. The average molecular weight is 445 g/mol. The number of anilines is 5.